The van der Waals surface area contributed by atoms with Gasteiger partial charge in [0.15, 0.2) is 0 Å². The Kier molecular flexibility index (Phi) is 6.17. The first-order valence-corrected chi connectivity index (χ1v) is 9.70. The molecule has 1 aromatic rings. The van der Waals surface area contributed by atoms with Crippen LogP contribution in [0.3, 0.4) is 0 Å². The molecule has 1 aliphatic rings. The first-order valence-electron chi connectivity index (χ1n) is 7.83. The fourth-order valence-corrected chi connectivity index (χ4v) is 3.51. The molecule has 1 aromatic carbocycles. The molecular weight excluding hydrogens is 487 g/mol. The highest BCUT2D eigenvalue weighted by Gasteiger charge is 2.33. The van der Waals surface area contributed by atoms with E-state index in [9.17, 15) is 9.59 Å². The van der Waals surface area contributed by atoms with Crippen molar-refractivity contribution in [2.45, 2.75) is 39.3 Å². The molecule has 0 spiro atoms. The molecule has 1 saturated heterocycles. The second-order valence-corrected chi connectivity index (χ2v) is 8.83. The Labute approximate surface area is 165 Å². The average Bonchev–Trinajstić information content (AvgIpc) is 2.47. The number of nitrogens with zero attached hydrogens (tertiary/aromatic N) is 2. The topological polar surface area (TPSA) is 49.9 Å². The van der Waals surface area contributed by atoms with E-state index in [0.717, 1.165) is 8.04 Å². The molecule has 24 heavy (non-hydrogen) atoms. The van der Waals surface area contributed by atoms with Crippen LogP contribution in [0, 0.1) is 3.57 Å². The van der Waals surface area contributed by atoms with Crippen LogP contribution in [0.4, 0.5) is 4.79 Å². The normalized spacial score (nSPS) is 18.5. The molecule has 5 nitrogen and oxygen atoms in total. The molecule has 0 radical (unpaired) electrons. The van der Waals surface area contributed by atoms with Crippen molar-refractivity contribution in [1.82, 2.24) is 9.80 Å². The molecule has 0 N–H and O–H groups in total. The largest absolute Gasteiger partial charge is 0.444 e. The predicted molar refractivity (Wildman–Crippen MR) is 105 cm³/mol. The number of rotatable bonds is 1. The second-order valence-electron chi connectivity index (χ2n) is 6.88. The van der Waals surface area contributed by atoms with Crippen LogP contribution in [0.1, 0.15) is 38.1 Å². The number of hydrogen-bond acceptors (Lipinski definition) is 3. The lowest BCUT2D eigenvalue weighted by molar-refractivity contribution is 0.00615. The third-order valence-corrected chi connectivity index (χ3v) is 6.22. The fourth-order valence-electron chi connectivity index (χ4n) is 2.58. The van der Waals surface area contributed by atoms with Crippen molar-refractivity contribution in [1.29, 1.82) is 0 Å². The van der Waals surface area contributed by atoms with E-state index in [1.807, 2.05) is 50.8 Å². The Morgan fingerprint density at radius 3 is 2.54 bits per heavy atom. The van der Waals surface area contributed by atoms with E-state index in [1.165, 1.54) is 0 Å². The molecule has 0 aliphatic carbocycles. The van der Waals surface area contributed by atoms with E-state index in [0.29, 0.717) is 25.2 Å². The van der Waals surface area contributed by atoms with E-state index in [-0.39, 0.29) is 18.0 Å². The van der Waals surface area contributed by atoms with Gasteiger partial charge in [-0.3, -0.25) is 4.79 Å². The Morgan fingerprint density at radius 1 is 1.29 bits per heavy atom. The van der Waals surface area contributed by atoms with Crippen LogP contribution in [0.25, 0.3) is 0 Å². The van der Waals surface area contributed by atoms with Crippen LogP contribution in [0.2, 0.25) is 0 Å². The Balaban J connectivity index is 2.07. The van der Waals surface area contributed by atoms with Gasteiger partial charge >= 0.3 is 6.09 Å². The van der Waals surface area contributed by atoms with Crippen LogP contribution < -0.4 is 0 Å². The van der Waals surface area contributed by atoms with Crippen molar-refractivity contribution in [2.24, 2.45) is 0 Å². The highest BCUT2D eigenvalue weighted by Crippen LogP contribution is 2.26. The smallest absolute Gasteiger partial charge is 0.410 e. The lowest BCUT2D eigenvalue weighted by Crippen LogP contribution is -2.56. The van der Waals surface area contributed by atoms with Crippen LogP contribution in [0.5, 0.6) is 0 Å². The maximum absolute atomic E-state index is 12.8. The summed E-state index contributed by atoms with van der Waals surface area (Å²) in [6.45, 7) is 8.95. The first-order chi connectivity index (χ1) is 11.1. The second kappa shape index (κ2) is 7.59. The van der Waals surface area contributed by atoms with Crippen LogP contribution in [-0.2, 0) is 4.74 Å². The summed E-state index contributed by atoms with van der Waals surface area (Å²) in [6, 6.07) is 5.58. The molecule has 0 aromatic heterocycles. The maximum Gasteiger partial charge on any atom is 0.410 e. The van der Waals surface area contributed by atoms with Gasteiger partial charge in [0.25, 0.3) is 5.91 Å². The number of hydrogen-bond donors (Lipinski definition) is 0. The lowest BCUT2D eigenvalue weighted by atomic mass is 10.1. The molecule has 2 amide bonds. The SMILES string of the molecule is C[C@@H]1CN(C(=O)OC(C)(C)C)CCN1C(=O)c1cccc(I)c1Br. The first kappa shape index (κ1) is 19.5. The summed E-state index contributed by atoms with van der Waals surface area (Å²) in [5.41, 5.74) is 0.137. The van der Waals surface area contributed by atoms with Gasteiger partial charge in [-0.05, 0) is 78.3 Å². The molecule has 0 bridgehead atoms. The van der Waals surface area contributed by atoms with E-state index >= 15 is 0 Å². The minimum Gasteiger partial charge on any atom is -0.444 e. The van der Waals surface area contributed by atoms with Gasteiger partial charge in [0.1, 0.15) is 5.60 Å². The van der Waals surface area contributed by atoms with Gasteiger partial charge in [0.05, 0.1) is 5.56 Å². The van der Waals surface area contributed by atoms with Crippen LogP contribution >= 0.6 is 38.5 Å². The standard InChI is InChI=1S/C17H22BrIN2O3/c1-11-10-20(16(23)24-17(2,3)4)8-9-21(11)15(22)12-6-5-7-13(19)14(12)18/h5-7,11H,8-10H2,1-4H3/t11-/m1/s1. The van der Waals surface area contributed by atoms with Crippen molar-refractivity contribution in [3.05, 3.63) is 31.8 Å². The van der Waals surface area contributed by atoms with Gasteiger partial charge in [0.2, 0.25) is 0 Å². The zero-order valence-electron chi connectivity index (χ0n) is 14.3. The van der Waals surface area contributed by atoms with Gasteiger partial charge in [-0.15, -0.1) is 0 Å². The number of benzene rings is 1. The van der Waals surface area contributed by atoms with E-state index in [1.54, 1.807) is 4.90 Å². The van der Waals surface area contributed by atoms with Gasteiger partial charge in [-0.2, -0.15) is 0 Å². The molecule has 2 rings (SSSR count). The summed E-state index contributed by atoms with van der Waals surface area (Å²) in [4.78, 5) is 28.5. The number of carbonyl (C=O) groups excluding carboxylic acids is 2. The molecule has 132 valence electrons. The summed E-state index contributed by atoms with van der Waals surface area (Å²) in [5.74, 6) is -0.0169. The maximum atomic E-state index is 12.8. The van der Waals surface area contributed by atoms with Gasteiger partial charge < -0.3 is 14.5 Å². The van der Waals surface area contributed by atoms with Crippen LogP contribution in [0.15, 0.2) is 22.7 Å². The quantitative estimate of drug-likeness (QED) is 0.536. The van der Waals surface area contributed by atoms with Crippen molar-refractivity contribution in [3.8, 4) is 0 Å². The van der Waals surface area contributed by atoms with Crippen molar-refractivity contribution in [2.75, 3.05) is 19.6 Å². The molecule has 0 saturated carbocycles. The Morgan fingerprint density at radius 2 is 1.96 bits per heavy atom. The Hall–Kier alpha value is -0.830. The van der Waals surface area contributed by atoms with Gasteiger partial charge in [-0.1, -0.05) is 6.07 Å². The van der Waals surface area contributed by atoms with Gasteiger partial charge in [0, 0.05) is 33.7 Å². The van der Waals surface area contributed by atoms with Crippen molar-refractivity contribution < 1.29 is 14.3 Å². The summed E-state index contributed by atoms with van der Waals surface area (Å²) in [6.07, 6.45) is -0.322. The average molecular weight is 509 g/mol. The highest BCUT2D eigenvalue weighted by atomic mass is 127. The number of piperazine rings is 1. The molecule has 1 fully saturated rings. The zero-order valence-corrected chi connectivity index (χ0v) is 18.0. The minimum atomic E-state index is -0.515. The lowest BCUT2D eigenvalue weighted by Gasteiger charge is -2.40. The monoisotopic (exact) mass is 508 g/mol. The number of ether oxygens (including phenoxy) is 1. The van der Waals surface area contributed by atoms with Crippen LogP contribution in [-0.4, -0.2) is 53.1 Å². The summed E-state index contributed by atoms with van der Waals surface area (Å²) >= 11 is 5.69. The van der Waals surface area contributed by atoms with Crippen molar-refractivity contribution >= 4 is 50.5 Å². The third-order valence-electron chi connectivity index (χ3n) is 3.72. The molecular formula is C17H22BrIN2O3. The molecule has 1 heterocycles. The Bertz CT molecular complexity index is 645. The third kappa shape index (κ3) is 4.62. The minimum absolute atomic E-state index is 0.0169. The zero-order chi connectivity index (χ0) is 18.1. The fraction of sp³-hybridized carbons (Fsp3) is 0.529. The molecule has 1 atom stereocenters. The summed E-state index contributed by atoms with van der Waals surface area (Å²) in [7, 11) is 0. The highest BCUT2D eigenvalue weighted by molar-refractivity contribution is 14.1. The summed E-state index contributed by atoms with van der Waals surface area (Å²) in [5, 5.41) is 0. The number of halogens is 2. The van der Waals surface area contributed by atoms with Gasteiger partial charge in [-0.25, -0.2) is 4.79 Å². The molecule has 1 aliphatic heterocycles. The van der Waals surface area contributed by atoms with E-state index < -0.39 is 5.60 Å². The summed E-state index contributed by atoms with van der Waals surface area (Å²) < 4.78 is 7.23. The van der Waals surface area contributed by atoms with E-state index in [4.69, 9.17) is 4.74 Å². The van der Waals surface area contributed by atoms with Crippen molar-refractivity contribution in [3.63, 3.8) is 0 Å². The number of carbonyl (C=O) groups is 2. The molecule has 0 unspecified atom stereocenters. The molecule has 7 heteroatoms. The predicted octanol–water partition coefficient (Wildman–Crippen LogP) is 4.14. The number of amides is 2. The van der Waals surface area contributed by atoms with E-state index in [2.05, 4.69) is 38.5 Å².